The van der Waals surface area contributed by atoms with E-state index in [2.05, 4.69) is 5.32 Å². The highest BCUT2D eigenvalue weighted by atomic mass is 19.1. The standard InChI is InChI=1S/C14H17FN2O4/c1-14(2,21-10-18)9-16-8-13(17(19)20)7-11-4-3-5-12(15)6-11/h3-7,10,16H,8-9H2,1-2H3/b13-7-. The highest BCUT2D eigenvalue weighted by Gasteiger charge is 2.19. The van der Waals surface area contributed by atoms with Crippen LogP contribution in [-0.2, 0) is 9.53 Å². The van der Waals surface area contributed by atoms with Gasteiger partial charge in [0.25, 0.3) is 12.2 Å². The van der Waals surface area contributed by atoms with E-state index in [0.717, 1.165) is 0 Å². The lowest BCUT2D eigenvalue weighted by Gasteiger charge is -2.22. The molecule has 6 nitrogen and oxygen atoms in total. The SMILES string of the molecule is CC(C)(CNC/C(=C/c1cccc(F)c1)[N+](=O)[O-])OC=O. The van der Waals surface area contributed by atoms with Gasteiger partial charge in [-0.25, -0.2) is 4.39 Å². The van der Waals surface area contributed by atoms with Crippen molar-refractivity contribution in [2.75, 3.05) is 13.1 Å². The van der Waals surface area contributed by atoms with Gasteiger partial charge in [-0.1, -0.05) is 12.1 Å². The third-order valence-corrected chi connectivity index (χ3v) is 2.64. The lowest BCUT2D eigenvalue weighted by Crippen LogP contribution is -2.38. The molecule has 0 atom stereocenters. The molecule has 1 rings (SSSR count). The molecule has 0 amide bonds. The second-order valence-corrected chi connectivity index (χ2v) is 5.03. The van der Waals surface area contributed by atoms with Gasteiger partial charge in [0.1, 0.15) is 11.4 Å². The summed E-state index contributed by atoms with van der Waals surface area (Å²) >= 11 is 0. The van der Waals surface area contributed by atoms with Crippen molar-refractivity contribution >= 4 is 12.5 Å². The van der Waals surface area contributed by atoms with E-state index in [9.17, 15) is 19.3 Å². The van der Waals surface area contributed by atoms with Gasteiger partial charge in [-0.05, 0) is 31.5 Å². The molecule has 0 aliphatic heterocycles. The topological polar surface area (TPSA) is 81.5 Å². The third-order valence-electron chi connectivity index (χ3n) is 2.64. The summed E-state index contributed by atoms with van der Waals surface area (Å²) in [6.07, 6.45) is 1.30. The molecule has 0 fully saturated rings. The molecule has 0 aromatic heterocycles. The smallest absolute Gasteiger partial charge is 0.293 e. The summed E-state index contributed by atoms with van der Waals surface area (Å²) in [6.45, 7) is 3.90. The first kappa shape index (κ1) is 16.8. The number of nitrogens with zero attached hydrogens (tertiary/aromatic N) is 1. The number of hydrogen-bond donors (Lipinski definition) is 1. The van der Waals surface area contributed by atoms with Gasteiger partial charge in [0.15, 0.2) is 0 Å². The van der Waals surface area contributed by atoms with E-state index >= 15 is 0 Å². The average Bonchev–Trinajstić information content (AvgIpc) is 2.37. The molecule has 7 heteroatoms. The average molecular weight is 296 g/mol. The first-order valence-corrected chi connectivity index (χ1v) is 6.27. The molecule has 0 saturated carbocycles. The van der Waals surface area contributed by atoms with Crippen LogP contribution in [0.3, 0.4) is 0 Å². The van der Waals surface area contributed by atoms with E-state index in [-0.39, 0.29) is 18.8 Å². The molecule has 21 heavy (non-hydrogen) atoms. The van der Waals surface area contributed by atoms with Crippen LogP contribution in [0.15, 0.2) is 30.0 Å². The Kier molecular flexibility index (Phi) is 5.98. The molecule has 0 aliphatic rings. The molecule has 1 N–H and O–H groups in total. The van der Waals surface area contributed by atoms with Gasteiger partial charge in [-0.15, -0.1) is 0 Å². The van der Waals surface area contributed by atoms with E-state index in [4.69, 9.17) is 4.74 Å². The summed E-state index contributed by atoms with van der Waals surface area (Å²) < 4.78 is 17.9. The van der Waals surface area contributed by atoms with Gasteiger partial charge >= 0.3 is 0 Å². The Hall–Kier alpha value is -2.28. The van der Waals surface area contributed by atoms with Crippen LogP contribution in [-0.4, -0.2) is 30.1 Å². The molecule has 0 saturated heterocycles. The first-order valence-electron chi connectivity index (χ1n) is 6.27. The van der Waals surface area contributed by atoms with Gasteiger partial charge in [-0.3, -0.25) is 14.9 Å². The maximum atomic E-state index is 13.0. The Morgan fingerprint density at radius 1 is 1.52 bits per heavy atom. The zero-order chi connectivity index (χ0) is 15.9. The van der Waals surface area contributed by atoms with E-state index < -0.39 is 16.3 Å². The lowest BCUT2D eigenvalue weighted by molar-refractivity contribution is -0.424. The van der Waals surface area contributed by atoms with Gasteiger partial charge in [0, 0.05) is 12.6 Å². The van der Waals surface area contributed by atoms with Gasteiger partial charge in [0.2, 0.25) is 0 Å². The molecule has 1 aromatic carbocycles. The van der Waals surface area contributed by atoms with Crippen LogP contribution in [0.4, 0.5) is 4.39 Å². The van der Waals surface area contributed by atoms with E-state index in [1.54, 1.807) is 19.9 Å². The molecule has 0 unspecified atom stereocenters. The van der Waals surface area contributed by atoms with E-state index in [0.29, 0.717) is 12.0 Å². The lowest BCUT2D eigenvalue weighted by atomic mass is 10.1. The van der Waals surface area contributed by atoms with E-state index in [1.807, 2.05) is 0 Å². The first-order chi connectivity index (χ1) is 9.84. The molecule has 0 heterocycles. The van der Waals surface area contributed by atoms with Crippen LogP contribution in [0.5, 0.6) is 0 Å². The number of carbonyl (C=O) groups excluding carboxylic acids is 1. The summed E-state index contributed by atoms with van der Waals surface area (Å²) in [5.74, 6) is -0.458. The van der Waals surface area contributed by atoms with Crippen LogP contribution in [0.2, 0.25) is 0 Å². The Balaban J connectivity index is 2.71. The zero-order valence-electron chi connectivity index (χ0n) is 11.8. The van der Waals surface area contributed by atoms with Crippen LogP contribution >= 0.6 is 0 Å². The minimum absolute atomic E-state index is 0.0326. The Labute approximate surface area is 121 Å². The van der Waals surface area contributed by atoms with Crippen molar-refractivity contribution in [2.45, 2.75) is 19.4 Å². The normalized spacial score (nSPS) is 12.0. The fourth-order valence-electron chi connectivity index (χ4n) is 1.62. The number of ether oxygens (including phenoxy) is 1. The van der Waals surface area contributed by atoms with Gasteiger partial charge < -0.3 is 10.1 Å². The summed E-state index contributed by atoms with van der Waals surface area (Å²) in [4.78, 5) is 20.7. The number of nitro groups is 1. The largest absolute Gasteiger partial charge is 0.461 e. The van der Waals surface area contributed by atoms with Crippen molar-refractivity contribution < 1.29 is 18.8 Å². The predicted octanol–water partition coefficient (Wildman–Crippen LogP) is 1.98. The Bertz CT molecular complexity index is 544. The molecule has 0 radical (unpaired) electrons. The number of carbonyl (C=O) groups is 1. The van der Waals surface area contributed by atoms with Crippen LogP contribution in [0, 0.1) is 15.9 Å². The molecule has 0 bridgehead atoms. The quantitative estimate of drug-likeness (QED) is 0.450. The molecule has 1 aromatic rings. The minimum Gasteiger partial charge on any atom is -0.461 e. The summed E-state index contributed by atoms with van der Waals surface area (Å²) in [5.41, 5.74) is -0.461. The Morgan fingerprint density at radius 3 is 2.81 bits per heavy atom. The van der Waals surface area contributed by atoms with E-state index in [1.165, 1.54) is 24.3 Å². The highest BCUT2D eigenvalue weighted by molar-refractivity contribution is 5.51. The monoisotopic (exact) mass is 296 g/mol. The highest BCUT2D eigenvalue weighted by Crippen LogP contribution is 2.10. The molecule has 0 aliphatic carbocycles. The van der Waals surface area contributed by atoms with Crippen LogP contribution in [0.1, 0.15) is 19.4 Å². The maximum absolute atomic E-state index is 13.0. The molecule has 0 spiro atoms. The van der Waals surface area contributed by atoms with Crippen molar-refractivity contribution in [1.29, 1.82) is 0 Å². The molecular formula is C14H17FN2O4. The number of halogens is 1. The van der Waals surface area contributed by atoms with Crippen molar-refractivity contribution in [2.24, 2.45) is 0 Å². The van der Waals surface area contributed by atoms with Crippen molar-refractivity contribution in [3.05, 3.63) is 51.5 Å². The van der Waals surface area contributed by atoms with Crippen molar-refractivity contribution in [1.82, 2.24) is 5.32 Å². The summed E-state index contributed by atoms with van der Waals surface area (Å²) in [7, 11) is 0. The van der Waals surface area contributed by atoms with Crippen molar-refractivity contribution in [3.63, 3.8) is 0 Å². The molecular weight excluding hydrogens is 279 g/mol. The molecule has 114 valence electrons. The number of nitrogens with one attached hydrogen (secondary N) is 1. The third kappa shape index (κ3) is 6.13. The maximum Gasteiger partial charge on any atom is 0.293 e. The van der Waals surface area contributed by atoms with Gasteiger partial charge in [0.05, 0.1) is 11.5 Å². The van der Waals surface area contributed by atoms with Crippen LogP contribution < -0.4 is 5.32 Å². The second-order valence-electron chi connectivity index (χ2n) is 5.03. The van der Waals surface area contributed by atoms with Gasteiger partial charge in [-0.2, -0.15) is 0 Å². The Morgan fingerprint density at radius 2 is 2.24 bits per heavy atom. The van der Waals surface area contributed by atoms with Crippen LogP contribution in [0.25, 0.3) is 6.08 Å². The zero-order valence-corrected chi connectivity index (χ0v) is 11.8. The summed E-state index contributed by atoms with van der Waals surface area (Å²) in [5, 5.41) is 13.8. The number of benzene rings is 1. The number of hydrogen-bond acceptors (Lipinski definition) is 5. The minimum atomic E-state index is -0.762. The fourth-order valence-corrected chi connectivity index (χ4v) is 1.62. The predicted molar refractivity (Wildman–Crippen MR) is 75.5 cm³/mol. The number of rotatable bonds is 8. The van der Waals surface area contributed by atoms with Crippen molar-refractivity contribution in [3.8, 4) is 0 Å². The fraction of sp³-hybridized carbons (Fsp3) is 0.357. The summed E-state index contributed by atoms with van der Waals surface area (Å²) in [6, 6.07) is 5.53. The second kappa shape index (κ2) is 7.49.